The van der Waals surface area contributed by atoms with Crippen molar-refractivity contribution in [3.05, 3.63) is 115 Å². The maximum Gasteiger partial charge on any atom is 0.144 e. The van der Waals surface area contributed by atoms with E-state index in [2.05, 4.69) is 110 Å². The molecule has 0 bridgehead atoms. The number of pyridine rings is 1. The first-order valence-electron chi connectivity index (χ1n) is 11.5. The van der Waals surface area contributed by atoms with E-state index in [0.29, 0.717) is 0 Å². The third-order valence-electron chi connectivity index (χ3n) is 6.75. The topological polar surface area (TPSA) is 26.0 Å². The summed E-state index contributed by atoms with van der Waals surface area (Å²) in [5.74, 6) is 0. The van der Waals surface area contributed by atoms with Crippen molar-refractivity contribution in [3.63, 3.8) is 0 Å². The molecule has 0 saturated carbocycles. The first kappa shape index (κ1) is 19.1. The van der Waals surface area contributed by atoms with Gasteiger partial charge in [-0.3, -0.25) is 4.98 Å². The van der Waals surface area contributed by atoms with E-state index < -0.39 is 0 Å². The Labute approximate surface area is 197 Å². The minimum atomic E-state index is 0.882. The summed E-state index contributed by atoms with van der Waals surface area (Å²) in [7, 11) is 0. The van der Waals surface area contributed by atoms with Crippen LogP contribution in [0.25, 0.3) is 65.9 Å². The van der Waals surface area contributed by atoms with E-state index >= 15 is 0 Å². The van der Waals surface area contributed by atoms with Gasteiger partial charge in [0.05, 0.1) is 5.69 Å². The van der Waals surface area contributed by atoms with Crippen molar-refractivity contribution in [1.82, 2.24) is 4.98 Å². The maximum absolute atomic E-state index is 6.53. The van der Waals surface area contributed by atoms with Gasteiger partial charge in [0.2, 0.25) is 0 Å². The lowest BCUT2D eigenvalue weighted by Crippen LogP contribution is -1.86. The SMILES string of the molecule is Cc1ccc2cc(-c3ccnc(-c4cccc5c4oc4c6ccccc6ccc54)c3)ccc2c1. The quantitative estimate of drug-likeness (QED) is 0.271. The van der Waals surface area contributed by atoms with E-state index in [-0.39, 0.29) is 0 Å². The zero-order chi connectivity index (χ0) is 22.6. The summed E-state index contributed by atoms with van der Waals surface area (Å²) in [4.78, 5) is 4.73. The van der Waals surface area contributed by atoms with Gasteiger partial charge in [0, 0.05) is 27.9 Å². The molecule has 0 aliphatic carbocycles. The van der Waals surface area contributed by atoms with Gasteiger partial charge in [-0.05, 0) is 64.5 Å². The smallest absolute Gasteiger partial charge is 0.144 e. The molecular formula is C32H21NO. The summed E-state index contributed by atoms with van der Waals surface area (Å²) >= 11 is 0. The first-order valence-corrected chi connectivity index (χ1v) is 11.5. The van der Waals surface area contributed by atoms with Crippen LogP contribution in [0, 0.1) is 6.92 Å². The normalized spacial score (nSPS) is 11.7. The lowest BCUT2D eigenvalue weighted by Gasteiger charge is -2.08. The third-order valence-corrected chi connectivity index (χ3v) is 6.75. The monoisotopic (exact) mass is 435 g/mol. The van der Waals surface area contributed by atoms with E-state index in [0.717, 1.165) is 44.1 Å². The molecule has 0 amide bonds. The molecule has 0 radical (unpaired) electrons. The van der Waals surface area contributed by atoms with Crippen molar-refractivity contribution >= 4 is 43.5 Å². The minimum Gasteiger partial charge on any atom is -0.455 e. The highest BCUT2D eigenvalue weighted by Gasteiger charge is 2.15. The molecular weight excluding hydrogens is 414 g/mol. The summed E-state index contributed by atoms with van der Waals surface area (Å²) in [5, 5.41) is 7.07. The van der Waals surface area contributed by atoms with Gasteiger partial charge < -0.3 is 4.42 Å². The van der Waals surface area contributed by atoms with Crippen molar-refractivity contribution in [1.29, 1.82) is 0 Å². The summed E-state index contributed by atoms with van der Waals surface area (Å²) in [6.07, 6.45) is 1.89. The molecule has 0 aliphatic heterocycles. The van der Waals surface area contributed by atoms with Gasteiger partial charge in [-0.1, -0.05) is 78.4 Å². The number of aryl methyl sites for hydroxylation is 1. The van der Waals surface area contributed by atoms with Crippen LogP contribution in [0.5, 0.6) is 0 Å². The Balaban J connectivity index is 1.41. The summed E-state index contributed by atoms with van der Waals surface area (Å²) in [5.41, 5.74) is 7.34. The van der Waals surface area contributed by atoms with Crippen molar-refractivity contribution in [3.8, 4) is 22.4 Å². The molecule has 0 spiro atoms. The van der Waals surface area contributed by atoms with Crippen LogP contribution in [0.3, 0.4) is 0 Å². The fraction of sp³-hybridized carbons (Fsp3) is 0.0312. The second-order valence-corrected chi connectivity index (χ2v) is 8.94. The second-order valence-electron chi connectivity index (χ2n) is 8.94. The van der Waals surface area contributed by atoms with Gasteiger partial charge in [-0.2, -0.15) is 0 Å². The lowest BCUT2D eigenvalue weighted by atomic mass is 9.99. The zero-order valence-corrected chi connectivity index (χ0v) is 18.7. The Morgan fingerprint density at radius 3 is 2.29 bits per heavy atom. The Morgan fingerprint density at radius 1 is 0.559 bits per heavy atom. The highest BCUT2D eigenvalue weighted by atomic mass is 16.3. The predicted molar refractivity (Wildman–Crippen MR) is 142 cm³/mol. The second kappa shape index (κ2) is 7.29. The molecule has 0 fully saturated rings. The summed E-state index contributed by atoms with van der Waals surface area (Å²) < 4.78 is 6.53. The van der Waals surface area contributed by atoms with E-state index in [1.165, 1.54) is 27.3 Å². The molecule has 0 atom stereocenters. The predicted octanol–water partition coefficient (Wildman–Crippen LogP) is 8.93. The molecule has 2 heterocycles. The zero-order valence-electron chi connectivity index (χ0n) is 18.7. The Bertz CT molecular complexity index is 1880. The highest BCUT2D eigenvalue weighted by molar-refractivity contribution is 6.17. The molecule has 0 aliphatic rings. The van der Waals surface area contributed by atoms with Crippen molar-refractivity contribution in [2.45, 2.75) is 6.92 Å². The minimum absolute atomic E-state index is 0.882. The molecule has 7 aromatic rings. The number of aromatic nitrogens is 1. The Morgan fingerprint density at radius 2 is 1.32 bits per heavy atom. The largest absolute Gasteiger partial charge is 0.455 e. The number of benzene rings is 5. The average Bonchev–Trinajstić information content (AvgIpc) is 3.28. The van der Waals surface area contributed by atoms with Crippen LogP contribution in [0.15, 0.2) is 114 Å². The van der Waals surface area contributed by atoms with Crippen molar-refractivity contribution < 1.29 is 4.42 Å². The molecule has 0 saturated heterocycles. The lowest BCUT2D eigenvalue weighted by molar-refractivity contribution is 0.673. The maximum atomic E-state index is 6.53. The first-order chi connectivity index (χ1) is 16.7. The number of hydrogen-bond donors (Lipinski definition) is 0. The third kappa shape index (κ3) is 2.93. The molecule has 0 N–H and O–H groups in total. The number of nitrogens with zero attached hydrogens (tertiary/aromatic N) is 1. The Hall–Kier alpha value is -4.43. The van der Waals surface area contributed by atoms with E-state index in [9.17, 15) is 0 Å². The van der Waals surface area contributed by atoms with Crippen LogP contribution in [0.4, 0.5) is 0 Å². The number of rotatable bonds is 2. The number of hydrogen-bond acceptors (Lipinski definition) is 2. The van der Waals surface area contributed by atoms with Crippen LogP contribution in [0.2, 0.25) is 0 Å². The number of fused-ring (bicyclic) bond motifs is 6. The molecule has 2 heteroatoms. The van der Waals surface area contributed by atoms with Gasteiger partial charge in [0.1, 0.15) is 11.2 Å². The highest BCUT2D eigenvalue weighted by Crippen LogP contribution is 2.39. The van der Waals surface area contributed by atoms with E-state index in [1.54, 1.807) is 0 Å². The molecule has 5 aromatic carbocycles. The van der Waals surface area contributed by atoms with Crippen LogP contribution in [-0.4, -0.2) is 4.98 Å². The Kier molecular flexibility index (Phi) is 4.09. The molecule has 0 unspecified atom stereocenters. The van der Waals surface area contributed by atoms with Crippen LogP contribution in [-0.2, 0) is 0 Å². The molecule has 2 nitrogen and oxygen atoms in total. The standard InChI is InChI=1S/C32H21NO/c1-20-9-10-23-18-24(12-11-22(23)17-20)25-15-16-33-30(19-25)29-8-4-7-27-28-14-13-21-5-2-3-6-26(21)31(28)34-32(27)29/h2-19H,1H3. The molecule has 34 heavy (non-hydrogen) atoms. The summed E-state index contributed by atoms with van der Waals surface area (Å²) in [6.45, 7) is 2.13. The molecule has 160 valence electrons. The fourth-order valence-electron chi connectivity index (χ4n) is 5.03. The van der Waals surface area contributed by atoms with Gasteiger partial charge >= 0.3 is 0 Å². The van der Waals surface area contributed by atoms with Crippen LogP contribution >= 0.6 is 0 Å². The molecule has 2 aromatic heterocycles. The van der Waals surface area contributed by atoms with Gasteiger partial charge in [-0.15, -0.1) is 0 Å². The fourth-order valence-corrected chi connectivity index (χ4v) is 5.03. The van der Waals surface area contributed by atoms with E-state index in [1.807, 2.05) is 6.20 Å². The van der Waals surface area contributed by atoms with E-state index in [4.69, 9.17) is 9.40 Å². The number of furan rings is 1. The van der Waals surface area contributed by atoms with Crippen LogP contribution in [0.1, 0.15) is 5.56 Å². The summed E-state index contributed by atoms with van der Waals surface area (Å²) in [6, 6.07) is 36.5. The van der Waals surface area contributed by atoms with Crippen LogP contribution < -0.4 is 0 Å². The number of para-hydroxylation sites is 1. The van der Waals surface area contributed by atoms with Crippen molar-refractivity contribution in [2.24, 2.45) is 0 Å². The molecule has 7 rings (SSSR count). The van der Waals surface area contributed by atoms with Gasteiger partial charge in [-0.25, -0.2) is 0 Å². The average molecular weight is 436 g/mol. The van der Waals surface area contributed by atoms with Gasteiger partial charge in [0.25, 0.3) is 0 Å². The van der Waals surface area contributed by atoms with Gasteiger partial charge in [0.15, 0.2) is 0 Å². The van der Waals surface area contributed by atoms with Crippen molar-refractivity contribution in [2.75, 3.05) is 0 Å².